The average Bonchev–Trinajstić information content (AvgIpc) is 2.87. The number of benzene rings is 1. The summed E-state index contributed by atoms with van der Waals surface area (Å²) in [6, 6.07) is 2.85. The molecule has 2 heterocycles. The number of hydrogen-bond acceptors (Lipinski definition) is 5. The minimum atomic E-state index is -0.468. The van der Waals surface area contributed by atoms with Crippen LogP contribution < -0.4 is 10.1 Å². The molecule has 7 heteroatoms. The average molecular weight is 332 g/mol. The lowest BCUT2D eigenvalue weighted by atomic mass is 10.1. The van der Waals surface area contributed by atoms with Gasteiger partial charge in [-0.3, -0.25) is 4.79 Å². The minimum absolute atomic E-state index is 0.0501. The van der Waals surface area contributed by atoms with E-state index in [1.165, 1.54) is 19.5 Å². The zero-order valence-corrected chi connectivity index (χ0v) is 14.3. The Morgan fingerprint density at radius 3 is 2.71 bits per heavy atom. The molecule has 1 aliphatic rings. The van der Waals surface area contributed by atoms with Crippen molar-refractivity contribution >= 4 is 22.6 Å². The molecular formula is C17H21FN4O2. The Balaban J connectivity index is 1.90. The van der Waals surface area contributed by atoms with Gasteiger partial charge in [-0.25, -0.2) is 14.4 Å². The number of nitrogens with zero attached hydrogens (tertiary/aromatic N) is 3. The van der Waals surface area contributed by atoms with Gasteiger partial charge in [0.2, 0.25) is 5.91 Å². The van der Waals surface area contributed by atoms with E-state index in [0.29, 0.717) is 29.7 Å². The maximum absolute atomic E-state index is 13.8. The standard InChI is InChI=1S/C17H21FN4O2/c1-17(2,3)22-8-10(5-15(22)23)21-16-11-6-14(24-4)12(18)7-13(11)19-9-20-16/h6-7,9-10H,5,8H2,1-4H3,(H,19,20,21). The molecule has 3 rings (SSSR count). The van der Waals surface area contributed by atoms with E-state index in [4.69, 9.17) is 4.74 Å². The molecule has 0 spiro atoms. The van der Waals surface area contributed by atoms with Gasteiger partial charge in [0, 0.05) is 30.0 Å². The van der Waals surface area contributed by atoms with Gasteiger partial charge in [-0.2, -0.15) is 0 Å². The highest BCUT2D eigenvalue weighted by atomic mass is 19.1. The van der Waals surface area contributed by atoms with Crippen molar-refractivity contribution in [3.8, 4) is 5.75 Å². The number of amides is 1. The summed E-state index contributed by atoms with van der Waals surface area (Å²) in [5.74, 6) is 0.359. The molecule has 0 saturated carbocycles. The Hall–Kier alpha value is -2.44. The monoisotopic (exact) mass is 332 g/mol. The molecule has 6 nitrogen and oxygen atoms in total. The molecule has 1 N–H and O–H groups in total. The van der Waals surface area contributed by atoms with E-state index in [1.54, 1.807) is 6.07 Å². The topological polar surface area (TPSA) is 67.3 Å². The van der Waals surface area contributed by atoms with Crippen LogP contribution in [0, 0.1) is 5.82 Å². The van der Waals surface area contributed by atoms with Crippen molar-refractivity contribution in [1.29, 1.82) is 0 Å². The third-order valence-electron chi connectivity index (χ3n) is 4.18. The Labute approximate surface area is 140 Å². The first-order valence-electron chi connectivity index (χ1n) is 7.85. The lowest BCUT2D eigenvalue weighted by molar-refractivity contribution is -0.131. The van der Waals surface area contributed by atoms with Gasteiger partial charge in [0.05, 0.1) is 18.7 Å². The smallest absolute Gasteiger partial charge is 0.225 e. The molecule has 0 radical (unpaired) electrons. The lowest BCUT2D eigenvalue weighted by Crippen LogP contribution is -2.43. The maximum Gasteiger partial charge on any atom is 0.225 e. The van der Waals surface area contributed by atoms with Crippen molar-refractivity contribution in [1.82, 2.24) is 14.9 Å². The molecule has 1 aliphatic heterocycles. The summed E-state index contributed by atoms with van der Waals surface area (Å²) in [5.41, 5.74) is 0.274. The van der Waals surface area contributed by atoms with E-state index in [-0.39, 0.29) is 23.2 Å². The minimum Gasteiger partial charge on any atom is -0.494 e. The number of anilines is 1. The Morgan fingerprint density at radius 2 is 2.08 bits per heavy atom. The predicted molar refractivity (Wildman–Crippen MR) is 89.5 cm³/mol. The number of aromatic nitrogens is 2. The van der Waals surface area contributed by atoms with Gasteiger partial charge in [-0.15, -0.1) is 0 Å². The predicted octanol–water partition coefficient (Wildman–Crippen LogP) is 2.59. The van der Waals surface area contributed by atoms with E-state index in [2.05, 4.69) is 15.3 Å². The van der Waals surface area contributed by atoms with Crippen molar-refractivity contribution in [2.45, 2.75) is 38.8 Å². The summed E-state index contributed by atoms with van der Waals surface area (Å²) in [6.45, 7) is 6.65. The van der Waals surface area contributed by atoms with Crippen molar-refractivity contribution in [3.63, 3.8) is 0 Å². The summed E-state index contributed by atoms with van der Waals surface area (Å²) in [4.78, 5) is 22.4. The number of rotatable bonds is 3. The largest absolute Gasteiger partial charge is 0.494 e. The van der Waals surface area contributed by atoms with E-state index in [1.807, 2.05) is 25.7 Å². The Kier molecular flexibility index (Phi) is 4.03. The fraction of sp³-hybridized carbons (Fsp3) is 0.471. The highest BCUT2D eigenvalue weighted by Gasteiger charge is 2.36. The Bertz CT molecular complexity index is 788. The van der Waals surface area contributed by atoms with Crippen LogP contribution in [-0.2, 0) is 4.79 Å². The highest BCUT2D eigenvalue weighted by Crippen LogP contribution is 2.29. The third kappa shape index (κ3) is 2.98. The van der Waals surface area contributed by atoms with Gasteiger partial charge in [-0.1, -0.05) is 0 Å². The van der Waals surface area contributed by atoms with Crippen LogP contribution in [-0.4, -0.2) is 46.0 Å². The molecule has 2 aromatic rings. The first-order chi connectivity index (χ1) is 11.3. The molecule has 1 aromatic heterocycles. The van der Waals surface area contributed by atoms with Crippen LogP contribution in [0.25, 0.3) is 10.9 Å². The molecule has 0 aliphatic carbocycles. The van der Waals surface area contributed by atoms with Gasteiger partial charge in [0.25, 0.3) is 0 Å². The molecule has 0 bridgehead atoms. The number of methoxy groups -OCH3 is 1. The van der Waals surface area contributed by atoms with Crippen LogP contribution in [0.1, 0.15) is 27.2 Å². The van der Waals surface area contributed by atoms with E-state index in [9.17, 15) is 9.18 Å². The van der Waals surface area contributed by atoms with Crippen molar-refractivity contribution in [3.05, 3.63) is 24.3 Å². The van der Waals surface area contributed by atoms with Crippen molar-refractivity contribution in [2.24, 2.45) is 0 Å². The van der Waals surface area contributed by atoms with Crippen LogP contribution in [0.3, 0.4) is 0 Å². The SMILES string of the molecule is COc1cc2c(NC3CC(=O)N(C(C)(C)C)C3)ncnc2cc1F. The summed E-state index contributed by atoms with van der Waals surface area (Å²) >= 11 is 0. The van der Waals surface area contributed by atoms with Crippen LogP contribution >= 0.6 is 0 Å². The highest BCUT2D eigenvalue weighted by molar-refractivity contribution is 5.90. The molecule has 1 unspecified atom stereocenters. The van der Waals surface area contributed by atoms with Crippen LogP contribution in [0.2, 0.25) is 0 Å². The second kappa shape index (κ2) is 5.89. The van der Waals surface area contributed by atoms with Gasteiger partial charge in [-0.05, 0) is 26.8 Å². The first kappa shape index (κ1) is 16.4. The number of ether oxygens (including phenoxy) is 1. The van der Waals surface area contributed by atoms with Gasteiger partial charge < -0.3 is 15.0 Å². The second-order valence-electron chi connectivity index (χ2n) is 6.95. The zero-order valence-electron chi connectivity index (χ0n) is 14.3. The normalized spacial score (nSPS) is 18.3. The zero-order chi connectivity index (χ0) is 17.5. The number of hydrogen-bond donors (Lipinski definition) is 1. The third-order valence-corrected chi connectivity index (χ3v) is 4.18. The summed E-state index contributed by atoms with van der Waals surface area (Å²) in [5, 5.41) is 3.96. The summed E-state index contributed by atoms with van der Waals surface area (Å²) in [7, 11) is 1.41. The fourth-order valence-corrected chi connectivity index (χ4v) is 2.97. The quantitative estimate of drug-likeness (QED) is 0.936. The molecule has 1 aromatic carbocycles. The van der Waals surface area contributed by atoms with Crippen LogP contribution in [0.4, 0.5) is 10.2 Å². The molecule has 1 saturated heterocycles. The second-order valence-corrected chi connectivity index (χ2v) is 6.95. The lowest BCUT2D eigenvalue weighted by Gasteiger charge is -2.32. The first-order valence-corrected chi connectivity index (χ1v) is 7.85. The molecule has 1 amide bonds. The molecule has 24 heavy (non-hydrogen) atoms. The van der Waals surface area contributed by atoms with E-state index >= 15 is 0 Å². The maximum atomic E-state index is 13.8. The molecule has 1 fully saturated rings. The van der Waals surface area contributed by atoms with Crippen molar-refractivity contribution in [2.75, 3.05) is 19.0 Å². The van der Waals surface area contributed by atoms with Crippen LogP contribution in [0.5, 0.6) is 5.75 Å². The van der Waals surface area contributed by atoms with Gasteiger partial charge in [0.15, 0.2) is 11.6 Å². The number of fused-ring (bicyclic) bond motifs is 1. The van der Waals surface area contributed by atoms with E-state index < -0.39 is 5.82 Å². The summed E-state index contributed by atoms with van der Waals surface area (Å²) < 4.78 is 18.9. The fourth-order valence-electron chi connectivity index (χ4n) is 2.97. The van der Waals surface area contributed by atoms with E-state index in [0.717, 1.165) is 0 Å². The number of carbonyl (C=O) groups is 1. The number of halogens is 1. The van der Waals surface area contributed by atoms with Crippen molar-refractivity contribution < 1.29 is 13.9 Å². The Morgan fingerprint density at radius 1 is 1.33 bits per heavy atom. The molecule has 128 valence electrons. The van der Waals surface area contributed by atoms with Crippen LogP contribution in [0.15, 0.2) is 18.5 Å². The summed E-state index contributed by atoms with van der Waals surface area (Å²) in [6.07, 6.45) is 1.79. The number of likely N-dealkylation sites (tertiary alicyclic amines) is 1. The molecular weight excluding hydrogens is 311 g/mol. The number of nitrogens with one attached hydrogen (secondary N) is 1. The molecule has 1 atom stereocenters. The van der Waals surface area contributed by atoms with Gasteiger partial charge >= 0.3 is 0 Å². The van der Waals surface area contributed by atoms with Gasteiger partial charge in [0.1, 0.15) is 12.1 Å². The number of carbonyl (C=O) groups excluding carboxylic acids is 1.